The van der Waals surface area contributed by atoms with Crippen LogP contribution in [0.1, 0.15) is 16.7 Å². The lowest BCUT2D eigenvalue weighted by Gasteiger charge is -2.20. The highest BCUT2D eigenvalue weighted by atomic mass is 32.1. The van der Waals surface area contributed by atoms with E-state index < -0.39 is 0 Å². The van der Waals surface area contributed by atoms with E-state index >= 15 is 0 Å². The number of nitrogens with zero attached hydrogens (tertiary/aromatic N) is 3. The van der Waals surface area contributed by atoms with Crippen LogP contribution in [0.3, 0.4) is 0 Å². The van der Waals surface area contributed by atoms with Crippen molar-refractivity contribution in [3.8, 4) is 11.5 Å². The second-order valence-corrected chi connectivity index (χ2v) is 8.16. The summed E-state index contributed by atoms with van der Waals surface area (Å²) in [6.45, 7) is 2.37. The Kier molecular flexibility index (Phi) is 6.13. The lowest BCUT2D eigenvalue weighted by atomic mass is 10.1. The minimum absolute atomic E-state index is 0.0283. The molecule has 2 heterocycles. The van der Waals surface area contributed by atoms with Gasteiger partial charge in [0.15, 0.2) is 5.13 Å². The Morgan fingerprint density at radius 1 is 1.06 bits per heavy atom. The molecule has 2 aromatic heterocycles. The molecule has 0 N–H and O–H groups in total. The number of amides is 1. The van der Waals surface area contributed by atoms with Crippen LogP contribution < -0.4 is 14.4 Å². The Hall–Kier alpha value is -3.45. The van der Waals surface area contributed by atoms with Crippen molar-refractivity contribution in [1.82, 2.24) is 9.97 Å². The SMILES string of the molecule is COc1ccc2sc(N(Cc3cccnc3)C(=O)Cc3ccc(OC)c(C)c3)nc2c1. The van der Waals surface area contributed by atoms with Gasteiger partial charge in [-0.3, -0.25) is 14.7 Å². The van der Waals surface area contributed by atoms with Gasteiger partial charge in [-0.15, -0.1) is 0 Å². The Bertz CT molecular complexity index is 1210. The molecule has 0 bridgehead atoms. The third-order valence-corrected chi connectivity index (χ3v) is 6.05. The van der Waals surface area contributed by atoms with Crippen molar-refractivity contribution in [3.05, 3.63) is 77.6 Å². The van der Waals surface area contributed by atoms with Crippen LogP contribution in [0.5, 0.6) is 11.5 Å². The molecule has 0 aliphatic carbocycles. The van der Waals surface area contributed by atoms with Crippen molar-refractivity contribution >= 4 is 32.6 Å². The van der Waals surface area contributed by atoms with Gasteiger partial charge in [0, 0.05) is 18.5 Å². The minimum atomic E-state index is -0.0283. The average Bonchev–Trinajstić information content (AvgIpc) is 3.21. The van der Waals surface area contributed by atoms with E-state index in [1.54, 1.807) is 31.5 Å². The highest BCUT2D eigenvalue weighted by Gasteiger charge is 2.21. The number of hydrogen-bond acceptors (Lipinski definition) is 6. The molecule has 0 aliphatic rings. The molecule has 0 fully saturated rings. The molecule has 31 heavy (non-hydrogen) atoms. The van der Waals surface area contributed by atoms with Gasteiger partial charge in [0.1, 0.15) is 11.5 Å². The van der Waals surface area contributed by atoms with Crippen LogP contribution in [-0.2, 0) is 17.8 Å². The second kappa shape index (κ2) is 9.14. The highest BCUT2D eigenvalue weighted by molar-refractivity contribution is 7.22. The fraction of sp³-hybridized carbons (Fsp3) is 0.208. The van der Waals surface area contributed by atoms with Gasteiger partial charge >= 0.3 is 0 Å². The Labute approximate surface area is 185 Å². The van der Waals surface area contributed by atoms with Crippen LogP contribution in [0.4, 0.5) is 5.13 Å². The van der Waals surface area contributed by atoms with E-state index in [1.807, 2.05) is 55.5 Å². The van der Waals surface area contributed by atoms with Gasteiger partial charge in [0.25, 0.3) is 0 Å². The number of rotatable bonds is 7. The second-order valence-electron chi connectivity index (χ2n) is 7.15. The number of anilines is 1. The van der Waals surface area contributed by atoms with Gasteiger partial charge in [-0.25, -0.2) is 4.98 Å². The zero-order chi connectivity index (χ0) is 21.8. The number of hydrogen-bond donors (Lipinski definition) is 0. The number of methoxy groups -OCH3 is 2. The standard InChI is InChI=1S/C24H23N3O3S/c1-16-11-17(6-8-21(16)30-3)12-23(28)27(15-18-5-4-10-25-14-18)24-26-20-13-19(29-2)7-9-22(20)31-24/h4-11,13-14H,12,15H2,1-3H3. The van der Waals surface area contributed by atoms with Crippen molar-refractivity contribution in [1.29, 1.82) is 0 Å². The first-order valence-corrected chi connectivity index (χ1v) is 10.7. The average molecular weight is 434 g/mol. The molecule has 7 heteroatoms. The molecule has 0 saturated carbocycles. The third kappa shape index (κ3) is 4.67. The number of aryl methyl sites for hydroxylation is 1. The van der Waals surface area contributed by atoms with E-state index in [0.29, 0.717) is 11.7 Å². The first-order valence-electron chi connectivity index (χ1n) is 9.84. The lowest BCUT2D eigenvalue weighted by molar-refractivity contribution is -0.118. The highest BCUT2D eigenvalue weighted by Crippen LogP contribution is 2.32. The number of ether oxygens (including phenoxy) is 2. The van der Waals surface area contributed by atoms with E-state index in [0.717, 1.165) is 38.4 Å². The summed E-state index contributed by atoms with van der Waals surface area (Å²) < 4.78 is 11.6. The van der Waals surface area contributed by atoms with Crippen molar-refractivity contribution in [3.63, 3.8) is 0 Å². The minimum Gasteiger partial charge on any atom is -0.497 e. The maximum atomic E-state index is 13.4. The van der Waals surface area contributed by atoms with Crippen LogP contribution in [0.15, 0.2) is 60.9 Å². The maximum Gasteiger partial charge on any atom is 0.233 e. The quantitative estimate of drug-likeness (QED) is 0.419. The van der Waals surface area contributed by atoms with E-state index in [1.165, 1.54) is 11.3 Å². The van der Waals surface area contributed by atoms with Crippen LogP contribution in [-0.4, -0.2) is 30.1 Å². The molecule has 2 aromatic carbocycles. The van der Waals surface area contributed by atoms with Gasteiger partial charge in [-0.2, -0.15) is 0 Å². The zero-order valence-electron chi connectivity index (χ0n) is 17.7. The largest absolute Gasteiger partial charge is 0.497 e. The summed E-state index contributed by atoms with van der Waals surface area (Å²) in [5, 5.41) is 0.655. The van der Waals surface area contributed by atoms with Gasteiger partial charge in [0.2, 0.25) is 5.91 Å². The van der Waals surface area contributed by atoms with Crippen molar-refractivity contribution in [2.24, 2.45) is 0 Å². The summed E-state index contributed by atoms with van der Waals surface area (Å²) >= 11 is 1.49. The van der Waals surface area contributed by atoms with Gasteiger partial charge in [-0.1, -0.05) is 29.5 Å². The summed E-state index contributed by atoms with van der Waals surface area (Å²) in [5.74, 6) is 1.52. The van der Waals surface area contributed by atoms with E-state index in [-0.39, 0.29) is 12.3 Å². The first kappa shape index (κ1) is 20.8. The molecule has 0 unspecified atom stereocenters. The van der Waals surface area contributed by atoms with E-state index in [9.17, 15) is 4.79 Å². The summed E-state index contributed by atoms with van der Waals surface area (Å²) in [5.41, 5.74) is 3.68. The predicted molar refractivity (Wildman–Crippen MR) is 123 cm³/mol. The first-order chi connectivity index (χ1) is 15.1. The van der Waals surface area contributed by atoms with Crippen LogP contribution >= 0.6 is 11.3 Å². The fourth-order valence-corrected chi connectivity index (χ4v) is 4.36. The molecule has 1 amide bonds. The molecule has 0 aliphatic heterocycles. The molecule has 4 aromatic rings. The normalized spacial score (nSPS) is 10.8. The number of carbonyl (C=O) groups excluding carboxylic acids is 1. The summed E-state index contributed by atoms with van der Waals surface area (Å²) in [7, 11) is 3.27. The van der Waals surface area contributed by atoms with Gasteiger partial charge in [-0.05, 0) is 47.9 Å². The van der Waals surface area contributed by atoms with Crippen LogP contribution in [0.25, 0.3) is 10.2 Å². The topological polar surface area (TPSA) is 64.5 Å². The third-order valence-electron chi connectivity index (χ3n) is 4.99. The summed E-state index contributed by atoms with van der Waals surface area (Å²) in [6.07, 6.45) is 3.76. The van der Waals surface area contributed by atoms with Crippen molar-refractivity contribution in [2.45, 2.75) is 19.9 Å². The number of carbonyl (C=O) groups is 1. The maximum absolute atomic E-state index is 13.4. The molecule has 6 nitrogen and oxygen atoms in total. The number of thiazole rings is 1. The fourth-order valence-electron chi connectivity index (χ4n) is 3.39. The Morgan fingerprint density at radius 2 is 1.94 bits per heavy atom. The van der Waals surface area contributed by atoms with Crippen LogP contribution in [0.2, 0.25) is 0 Å². The molecule has 0 saturated heterocycles. The van der Waals surface area contributed by atoms with Crippen molar-refractivity contribution in [2.75, 3.05) is 19.1 Å². The molecule has 4 rings (SSSR count). The van der Waals surface area contributed by atoms with Gasteiger partial charge in [0.05, 0.1) is 37.4 Å². The Morgan fingerprint density at radius 3 is 2.65 bits per heavy atom. The number of benzene rings is 2. The van der Waals surface area contributed by atoms with E-state index in [4.69, 9.17) is 14.5 Å². The predicted octanol–water partition coefficient (Wildman–Crippen LogP) is 4.79. The number of pyridine rings is 1. The summed E-state index contributed by atoms with van der Waals surface area (Å²) in [6, 6.07) is 15.4. The molecule has 0 atom stereocenters. The lowest BCUT2D eigenvalue weighted by Crippen LogP contribution is -2.31. The molecule has 158 valence electrons. The number of fused-ring (bicyclic) bond motifs is 1. The smallest absolute Gasteiger partial charge is 0.233 e. The molecular weight excluding hydrogens is 410 g/mol. The van der Waals surface area contributed by atoms with E-state index in [2.05, 4.69) is 4.98 Å². The number of aromatic nitrogens is 2. The Balaban J connectivity index is 1.67. The molecule has 0 spiro atoms. The monoisotopic (exact) mass is 433 g/mol. The zero-order valence-corrected chi connectivity index (χ0v) is 18.5. The molecule has 0 radical (unpaired) electrons. The van der Waals surface area contributed by atoms with Crippen molar-refractivity contribution < 1.29 is 14.3 Å². The summed E-state index contributed by atoms with van der Waals surface area (Å²) in [4.78, 5) is 24.0. The molecular formula is C24H23N3O3S. The van der Waals surface area contributed by atoms with Gasteiger partial charge < -0.3 is 9.47 Å². The van der Waals surface area contributed by atoms with Crippen LogP contribution in [0, 0.1) is 6.92 Å².